The summed E-state index contributed by atoms with van der Waals surface area (Å²) in [5.41, 5.74) is 7.47. The average Bonchev–Trinajstić information content (AvgIpc) is 2.59. The molecule has 0 atom stereocenters. The number of nitro groups is 1. The molecule has 4 rings (SSSR count). The Kier molecular flexibility index (Phi) is 3.17. The van der Waals surface area contributed by atoms with E-state index in [4.69, 9.17) is 5.73 Å². The zero-order chi connectivity index (χ0) is 16.7. The standard InChI is InChI=1S/C20H14N2O2/c21-11-9-13-1-3-15-6-8-18-14(10-12-22(23)24)2-4-16-5-7-17(13)19(15)20(16)18/h1-12H,21H2/b11-9+,12-10+. The predicted molar refractivity (Wildman–Crippen MR) is 99.4 cm³/mol. The summed E-state index contributed by atoms with van der Waals surface area (Å²) in [6.45, 7) is 0. The number of rotatable bonds is 3. The Labute approximate surface area is 138 Å². The number of nitrogens with zero attached hydrogens (tertiary/aromatic N) is 1. The molecule has 4 nitrogen and oxygen atoms in total. The normalized spacial score (nSPS) is 12.3. The maximum Gasteiger partial charge on any atom is 0.235 e. The molecule has 0 aromatic heterocycles. The molecule has 4 aromatic carbocycles. The van der Waals surface area contributed by atoms with Crippen LogP contribution in [0.1, 0.15) is 11.1 Å². The van der Waals surface area contributed by atoms with Crippen molar-refractivity contribution in [2.24, 2.45) is 5.73 Å². The third-order valence-corrected chi connectivity index (χ3v) is 4.38. The highest BCUT2D eigenvalue weighted by Gasteiger charge is 2.11. The summed E-state index contributed by atoms with van der Waals surface area (Å²) >= 11 is 0. The van der Waals surface area contributed by atoms with Crippen LogP contribution in [0.4, 0.5) is 0 Å². The Morgan fingerprint density at radius 2 is 1.29 bits per heavy atom. The quantitative estimate of drug-likeness (QED) is 0.337. The van der Waals surface area contributed by atoms with E-state index in [1.54, 1.807) is 6.08 Å². The number of hydrogen-bond acceptors (Lipinski definition) is 3. The van der Waals surface area contributed by atoms with Crippen LogP contribution in [0.2, 0.25) is 0 Å². The lowest BCUT2D eigenvalue weighted by atomic mass is 9.90. The smallest absolute Gasteiger partial charge is 0.235 e. The van der Waals surface area contributed by atoms with Crippen LogP contribution in [-0.2, 0) is 0 Å². The second-order valence-corrected chi connectivity index (χ2v) is 5.69. The minimum absolute atomic E-state index is 0.442. The van der Waals surface area contributed by atoms with E-state index < -0.39 is 4.92 Å². The van der Waals surface area contributed by atoms with E-state index in [2.05, 4.69) is 30.3 Å². The average molecular weight is 314 g/mol. The van der Waals surface area contributed by atoms with Crippen LogP contribution in [-0.4, -0.2) is 4.92 Å². The van der Waals surface area contributed by atoms with Crippen LogP contribution in [0.15, 0.2) is 60.9 Å². The molecule has 0 aliphatic heterocycles. The Morgan fingerprint density at radius 3 is 1.79 bits per heavy atom. The molecule has 4 heteroatoms. The second kappa shape index (κ2) is 5.35. The molecule has 0 unspecified atom stereocenters. The van der Waals surface area contributed by atoms with Gasteiger partial charge in [0.15, 0.2) is 0 Å². The summed E-state index contributed by atoms with van der Waals surface area (Å²) in [7, 11) is 0. The molecule has 0 fully saturated rings. The Bertz CT molecular complexity index is 1140. The van der Waals surface area contributed by atoms with Gasteiger partial charge in [0.1, 0.15) is 0 Å². The maximum absolute atomic E-state index is 10.7. The highest BCUT2D eigenvalue weighted by Crippen LogP contribution is 2.37. The van der Waals surface area contributed by atoms with Gasteiger partial charge in [-0.3, -0.25) is 10.1 Å². The third-order valence-electron chi connectivity index (χ3n) is 4.38. The van der Waals surface area contributed by atoms with Crippen molar-refractivity contribution in [1.82, 2.24) is 0 Å². The molecular weight excluding hydrogens is 300 g/mol. The van der Waals surface area contributed by atoms with Gasteiger partial charge in [0, 0.05) is 6.08 Å². The summed E-state index contributed by atoms with van der Waals surface area (Å²) in [4.78, 5) is 10.2. The van der Waals surface area contributed by atoms with Gasteiger partial charge in [0.05, 0.1) is 4.92 Å². The predicted octanol–water partition coefficient (Wildman–Crippen LogP) is 4.76. The van der Waals surface area contributed by atoms with E-state index in [9.17, 15) is 10.1 Å². The molecule has 0 spiro atoms. The highest BCUT2D eigenvalue weighted by molar-refractivity contribution is 6.25. The van der Waals surface area contributed by atoms with E-state index >= 15 is 0 Å². The fourth-order valence-electron chi connectivity index (χ4n) is 3.38. The Balaban J connectivity index is 2.16. The van der Waals surface area contributed by atoms with Crippen molar-refractivity contribution in [1.29, 1.82) is 0 Å². The molecule has 0 saturated carbocycles. The first-order chi connectivity index (χ1) is 11.7. The van der Waals surface area contributed by atoms with Gasteiger partial charge in [-0.25, -0.2) is 0 Å². The SMILES string of the molecule is N/C=C/c1ccc2ccc3c(/C=C/[N+](=O)[O-])ccc4ccc1c2c43. The van der Waals surface area contributed by atoms with Crippen LogP contribution < -0.4 is 5.73 Å². The lowest BCUT2D eigenvalue weighted by Gasteiger charge is -2.13. The van der Waals surface area contributed by atoms with Crippen molar-refractivity contribution < 1.29 is 4.92 Å². The first-order valence-electron chi connectivity index (χ1n) is 7.59. The summed E-state index contributed by atoms with van der Waals surface area (Å²) in [6.07, 6.45) is 5.96. The summed E-state index contributed by atoms with van der Waals surface area (Å²) < 4.78 is 0. The van der Waals surface area contributed by atoms with Gasteiger partial charge in [-0.05, 0) is 55.7 Å². The summed E-state index contributed by atoms with van der Waals surface area (Å²) in [6, 6.07) is 16.3. The molecule has 116 valence electrons. The van der Waals surface area contributed by atoms with Crippen molar-refractivity contribution in [3.63, 3.8) is 0 Å². The van der Waals surface area contributed by atoms with Crippen molar-refractivity contribution in [3.05, 3.63) is 82.2 Å². The molecular formula is C20H14N2O2. The highest BCUT2D eigenvalue weighted by atomic mass is 16.6. The number of hydrogen-bond donors (Lipinski definition) is 1. The molecule has 0 aliphatic carbocycles. The summed E-state index contributed by atoms with van der Waals surface area (Å²) in [5, 5.41) is 17.4. The zero-order valence-corrected chi connectivity index (χ0v) is 12.8. The Morgan fingerprint density at radius 1 is 0.792 bits per heavy atom. The topological polar surface area (TPSA) is 69.2 Å². The Hall–Kier alpha value is -3.40. The van der Waals surface area contributed by atoms with E-state index in [0.717, 1.165) is 49.6 Å². The first-order valence-corrected chi connectivity index (χ1v) is 7.59. The molecule has 2 N–H and O–H groups in total. The van der Waals surface area contributed by atoms with E-state index in [1.807, 2.05) is 24.3 Å². The van der Waals surface area contributed by atoms with Gasteiger partial charge >= 0.3 is 0 Å². The van der Waals surface area contributed by atoms with E-state index in [-0.39, 0.29) is 0 Å². The molecule has 0 bridgehead atoms. The molecule has 0 heterocycles. The minimum Gasteiger partial charge on any atom is -0.405 e. The first kappa shape index (κ1) is 14.2. The molecule has 0 amide bonds. The van der Waals surface area contributed by atoms with Crippen molar-refractivity contribution in [3.8, 4) is 0 Å². The van der Waals surface area contributed by atoms with E-state index in [1.165, 1.54) is 6.20 Å². The van der Waals surface area contributed by atoms with E-state index in [0.29, 0.717) is 0 Å². The molecule has 4 aromatic rings. The van der Waals surface area contributed by atoms with Gasteiger partial charge < -0.3 is 5.73 Å². The van der Waals surface area contributed by atoms with Crippen LogP contribution >= 0.6 is 0 Å². The van der Waals surface area contributed by atoms with Gasteiger partial charge in [-0.15, -0.1) is 0 Å². The molecule has 0 saturated heterocycles. The van der Waals surface area contributed by atoms with Crippen LogP contribution in [0.25, 0.3) is 44.5 Å². The monoisotopic (exact) mass is 314 g/mol. The van der Waals surface area contributed by atoms with Crippen LogP contribution in [0, 0.1) is 10.1 Å². The van der Waals surface area contributed by atoms with Crippen LogP contribution in [0.3, 0.4) is 0 Å². The number of benzene rings is 4. The van der Waals surface area contributed by atoms with Gasteiger partial charge in [-0.2, -0.15) is 0 Å². The lowest BCUT2D eigenvalue weighted by molar-refractivity contribution is -0.400. The molecule has 0 radical (unpaired) electrons. The zero-order valence-electron chi connectivity index (χ0n) is 12.8. The fraction of sp³-hybridized carbons (Fsp3) is 0. The molecule has 0 aliphatic rings. The maximum atomic E-state index is 10.7. The third kappa shape index (κ3) is 2.08. The van der Waals surface area contributed by atoms with Gasteiger partial charge in [-0.1, -0.05) is 48.5 Å². The summed E-state index contributed by atoms with van der Waals surface area (Å²) in [5.74, 6) is 0. The minimum atomic E-state index is -0.442. The number of nitrogens with two attached hydrogens (primary N) is 1. The van der Waals surface area contributed by atoms with Gasteiger partial charge in [0.25, 0.3) is 0 Å². The largest absolute Gasteiger partial charge is 0.405 e. The second-order valence-electron chi connectivity index (χ2n) is 5.69. The molecule has 24 heavy (non-hydrogen) atoms. The van der Waals surface area contributed by atoms with Crippen molar-refractivity contribution >= 4 is 44.5 Å². The van der Waals surface area contributed by atoms with Crippen LogP contribution in [0.5, 0.6) is 0 Å². The van der Waals surface area contributed by atoms with Gasteiger partial charge in [0.2, 0.25) is 6.20 Å². The van der Waals surface area contributed by atoms with Crippen molar-refractivity contribution in [2.45, 2.75) is 0 Å². The lowest BCUT2D eigenvalue weighted by Crippen LogP contribution is -1.89. The fourth-order valence-corrected chi connectivity index (χ4v) is 3.38. The van der Waals surface area contributed by atoms with Crippen molar-refractivity contribution in [2.75, 3.05) is 0 Å².